The van der Waals surface area contributed by atoms with Gasteiger partial charge in [-0.25, -0.2) is 14.6 Å². The first-order valence-corrected chi connectivity index (χ1v) is 7.60. The average molecular weight is 355 g/mol. The van der Waals surface area contributed by atoms with Crippen LogP contribution in [0.4, 0.5) is 0 Å². The minimum atomic E-state index is -0.00166. The van der Waals surface area contributed by atoms with Gasteiger partial charge in [0.25, 0.3) is 0 Å². The molecule has 1 atom stereocenters. The third kappa shape index (κ3) is 2.14. The van der Waals surface area contributed by atoms with Crippen molar-refractivity contribution in [3.05, 3.63) is 52.9 Å². The Kier molecular flexibility index (Phi) is 3.07. The molecule has 0 N–H and O–H groups in total. The molecule has 3 aromatic heterocycles. The number of halogens is 1. The van der Waals surface area contributed by atoms with Gasteiger partial charge in [0, 0.05) is 11.6 Å². The van der Waals surface area contributed by atoms with E-state index >= 15 is 0 Å². The van der Waals surface area contributed by atoms with Crippen molar-refractivity contribution in [3.63, 3.8) is 0 Å². The Hall–Kier alpha value is -2.41. The van der Waals surface area contributed by atoms with Crippen LogP contribution in [0.25, 0.3) is 22.2 Å². The van der Waals surface area contributed by atoms with Crippen LogP contribution in [0.1, 0.15) is 18.5 Å². The molecule has 0 bridgehead atoms. The quantitative estimate of drug-likeness (QED) is 0.553. The van der Waals surface area contributed by atoms with Crippen LogP contribution in [0.3, 0.4) is 0 Å². The topological polar surface area (TPSA) is 69.4 Å². The van der Waals surface area contributed by atoms with Gasteiger partial charge in [0.15, 0.2) is 5.65 Å². The SMILES string of the molecule is C[C@H](c1ccc2ncccc2c1)n1nnc2ncc(Br)nc21. The molecule has 0 spiro atoms. The Balaban J connectivity index is 1.84. The minimum absolute atomic E-state index is 0.00166. The maximum absolute atomic E-state index is 4.42. The second-order valence-electron chi connectivity index (χ2n) is 5.01. The number of aromatic nitrogens is 6. The maximum Gasteiger partial charge on any atom is 0.221 e. The Morgan fingerprint density at radius 1 is 1.18 bits per heavy atom. The van der Waals surface area contributed by atoms with E-state index in [0.29, 0.717) is 15.9 Å². The van der Waals surface area contributed by atoms with E-state index in [4.69, 9.17) is 0 Å². The summed E-state index contributed by atoms with van der Waals surface area (Å²) in [5, 5.41) is 9.37. The van der Waals surface area contributed by atoms with E-state index in [2.05, 4.69) is 60.3 Å². The number of fused-ring (bicyclic) bond motifs is 2. The Morgan fingerprint density at radius 2 is 2.09 bits per heavy atom. The van der Waals surface area contributed by atoms with Crippen molar-refractivity contribution in [2.75, 3.05) is 0 Å². The number of nitrogens with zero attached hydrogens (tertiary/aromatic N) is 6. The fraction of sp³-hybridized carbons (Fsp3) is 0.133. The molecule has 0 radical (unpaired) electrons. The molecule has 6 nitrogen and oxygen atoms in total. The lowest BCUT2D eigenvalue weighted by Gasteiger charge is -2.13. The normalized spacial score (nSPS) is 12.8. The summed E-state index contributed by atoms with van der Waals surface area (Å²) in [5.41, 5.74) is 3.30. The van der Waals surface area contributed by atoms with E-state index in [-0.39, 0.29) is 6.04 Å². The van der Waals surface area contributed by atoms with Crippen molar-refractivity contribution >= 4 is 38.1 Å². The molecule has 4 rings (SSSR count). The first kappa shape index (κ1) is 13.3. The molecule has 108 valence electrons. The van der Waals surface area contributed by atoms with E-state index in [9.17, 15) is 0 Å². The summed E-state index contributed by atoms with van der Waals surface area (Å²) in [4.78, 5) is 13.0. The molecule has 1 aromatic carbocycles. The van der Waals surface area contributed by atoms with Gasteiger partial charge in [0.1, 0.15) is 4.60 Å². The van der Waals surface area contributed by atoms with Crippen LogP contribution < -0.4 is 0 Å². The zero-order valence-corrected chi connectivity index (χ0v) is 13.3. The van der Waals surface area contributed by atoms with Gasteiger partial charge in [-0.3, -0.25) is 4.98 Å². The average Bonchev–Trinajstić information content (AvgIpc) is 2.96. The van der Waals surface area contributed by atoms with Crippen LogP contribution in [0.5, 0.6) is 0 Å². The third-order valence-electron chi connectivity index (χ3n) is 3.64. The highest BCUT2D eigenvalue weighted by Crippen LogP contribution is 2.23. The molecule has 0 aliphatic heterocycles. The highest BCUT2D eigenvalue weighted by Gasteiger charge is 2.15. The molecular weight excluding hydrogens is 344 g/mol. The molecule has 0 saturated heterocycles. The first-order chi connectivity index (χ1) is 10.7. The second kappa shape index (κ2) is 5.10. The Labute approximate surface area is 134 Å². The molecular formula is C15H11BrN6. The molecule has 0 saturated carbocycles. The van der Waals surface area contributed by atoms with E-state index in [1.54, 1.807) is 17.1 Å². The molecule has 0 unspecified atom stereocenters. The van der Waals surface area contributed by atoms with Crippen LogP contribution in [0.15, 0.2) is 47.3 Å². The lowest BCUT2D eigenvalue weighted by Crippen LogP contribution is -2.09. The monoisotopic (exact) mass is 354 g/mol. The molecule has 0 aliphatic rings. The second-order valence-corrected chi connectivity index (χ2v) is 5.82. The van der Waals surface area contributed by atoms with Gasteiger partial charge in [-0.1, -0.05) is 17.3 Å². The largest absolute Gasteiger partial charge is 0.256 e. The fourth-order valence-corrected chi connectivity index (χ4v) is 2.74. The predicted molar refractivity (Wildman–Crippen MR) is 86.4 cm³/mol. The summed E-state index contributed by atoms with van der Waals surface area (Å²) in [6.45, 7) is 2.06. The summed E-state index contributed by atoms with van der Waals surface area (Å²) >= 11 is 3.34. The van der Waals surface area contributed by atoms with Crippen molar-refractivity contribution in [1.29, 1.82) is 0 Å². The molecule has 0 aliphatic carbocycles. The highest BCUT2D eigenvalue weighted by molar-refractivity contribution is 9.10. The zero-order valence-electron chi connectivity index (χ0n) is 11.7. The van der Waals surface area contributed by atoms with Crippen molar-refractivity contribution in [1.82, 2.24) is 29.9 Å². The van der Waals surface area contributed by atoms with Crippen LogP contribution >= 0.6 is 15.9 Å². The van der Waals surface area contributed by atoms with Gasteiger partial charge in [0.2, 0.25) is 5.65 Å². The predicted octanol–water partition coefficient (Wildman–Crippen LogP) is 3.14. The van der Waals surface area contributed by atoms with Gasteiger partial charge < -0.3 is 0 Å². The van der Waals surface area contributed by atoms with E-state index in [0.717, 1.165) is 16.5 Å². The van der Waals surface area contributed by atoms with Crippen molar-refractivity contribution in [3.8, 4) is 0 Å². The van der Waals surface area contributed by atoms with Crippen LogP contribution in [0, 0.1) is 0 Å². The van der Waals surface area contributed by atoms with Gasteiger partial charge in [0.05, 0.1) is 17.8 Å². The summed E-state index contributed by atoms with van der Waals surface area (Å²) in [6.07, 6.45) is 3.41. The number of hydrogen-bond acceptors (Lipinski definition) is 5. The van der Waals surface area contributed by atoms with Crippen molar-refractivity contribution in [2.45, 2.75) is 13.0 Å². The fourth-order valence-electron chi connectivity index (χ4n) is 2.47. The first-order valence-electron chi connectivity index (χ1n) is 6.80. The summed E-state index contributed by atoms with van der Waals surface area (Å²) < 4.78 is 2.45. The molecule has 7 heteroatoms. The Bertz CT molecular complexity index is 980. The molecule has 0 fully saturated rings. The van der Waals surface area contributed by atoms with E-state index in [1.165, 1.54) is 0 Å². The van der Waals surface area contributed by atoms with Gasteiger partial charge in [-0.15, -0.1) is 5.10 Å². The number of pyridine rings is 1. The number of rotatable bonds is 2. The van der Waals surface area contributed by atoms with E-state index < -0.39 is 0 Å². The third-order valence-corrected chi connectivity index (χ3v) is 4.02. The lowest BCUT2D eigenvalue weighted by atomic mass is 10.1. The summed E-state index contributed by atoms with van der Waals surface area (Å²) in [6, 6.07) is 10.2. The standard InChI is InChI=1S/C15H11BrN6/c1-9(10-4-5-12-11(7-10)3-2-6-17-12)22-15-14(20-21-22)18-8-13(16)19-15/h2-9H,1H3/t9-/m1/s1. The summed E-state index contributed by atoms with van der Waals surface area (Å²) in [7, 11) is 0. The lowest BCUT2D eigenvalue weighted by molar-refractivity contribution is 0.556. The summed E-state index contributed by atoms with van der Waals surface area (Å²) in [5.74, 6) is 0. The molecule has 0 amide bonds. The van der Waals surface area contributed by atoms with Gasteiger partial charge >= 0.3 is 0 Å². The molecule has 3 heterocycles. The smallest absolute Gasteiger partial charge is 0.221 e. The van der Waals surface area contributed by atoms with Crippen LogP contribution in [-0.2, 0) is 0 Å². The highest BCUT2D eigenvalue weighted by atomic mass is 79.9. The number of hydrogen-bond donors (Lipinski definition) is 0. The Morgan fingerprint density at radius 3 is 3.00 bits per heavy atom. The molecule has 22 heavy (non-hydrogen) atoms. The molecule has 4 aromatic rings. The zero-order chi connectivity index (χ0) is 15.1. The van der Waals surface area contributed by atoms with Crippen molar-refractivity contribution < 1.29 is 0 Å². The van der Waals surface area contributed by atoms with Crippen LogP contribution in [-0.4, -0.2) is 29.9 Å². The van der Waals surface area contributed by atoms with Crippen molar-refractivity contribution in [2.24, 2.45) is 0 Å². The number of benzene rings is 1. The minimum Gasteiger partial charge on any atom is -0.256 e. The maximum atomic E-state index is 4.42. The van der Waals surface area contributed by atoms with Gasteiger partial charge in [-0.05, 0) is 46.6 Å². The van der Waals surface area contributed by atoms with E-state index in [1.807, 2.05) is 18.2 Å². The van der Waals surface area contributed by atoms with Crippen LogP contribution in [0.2, 0.25) is 0 Å². The van der Waals surface area contributed by atoms with Gasteiger partial charge in [-0.2, -0.15) is 0 Å².